The summed E-state index contributed by atoms with van der Waals surface area (Å²) < 4.78 is 10.6. The van der Waals surface area contributed by atoms with Crippen LogP contribution in [0.2, 0.25) is 0 Å². The molecular formula is C17H13N3O6. The van der Waals surface area contributed by atoms with Gasteiger partial charge in [0.25, 0.3) is 11.6 Å². The predicted octanol–water partition coefficient (Wildman–Crippen LogP) is 2.18. The minimum absolute atomic E-state index is 0.0581. The number of nitro benzene ring substituents is 1. The molecule has 2 N–H and O–H groups in total. The largest absolute Gasteiger partial charge is 0.484 e. The quantitative estimate of drug-likeness (QED) is 0.534. The van der Waals surface area contributed by atoms with E-state index in [9.17, 15) is 19.7 Å². The first-order chi connectivity index (χ1) is 12.5. The van der Waals surface area contributed by atoms with E-state index in [2.05, 4.69) is 10.9 Å². The van der Waals surface area contributed by atoms with Crippen molar-refractivity contribution in [3.8, 4) is 5.75 Å². The maximum atomic E-state index is 12.0. The number of nitrogens with one attached hydrogen (secondary N) is 2. The average molecular weight is 355 g/mol. The zero-order valence-electron chi connectivity index (χ0n) is 13.3. The molecule has 3 aromatic rings. The SMILES string of the molecule is O=C(COc1ccc([N+](=O)[O-])cc1)NNC(=O)c1cc2ccccc2o1. The monoisotopic (exact) mass is 355 g/mol. The average Bonchev–Trinajstić information content (AvgIpc) is 3.09. The number of nitro groups is 1. The van der Waals surface area contributed by atoms with Gasteiger partial charge in [0.2, 0.25) is 0 Å². The van der Waals surface area contributed by atoms with Gasteiger partial charge in [-0.3, -0.25) is 30.6 Å². The molecule has 9 nitrogen and oxygen atoms in total. The first-order valence-electron chi connectivity index (χ1n) is 7.48. The van der Waals surface area contributed by atoms with Crippen molar-refractivity contribution in [3.05, 3.63) is 70.5 Å². The van der Waals surface area contributed by atoms with Crippen LogP contribution in [0.3, 0.4) is 0 Å². The van der Waals surface area contributed by atoms with Gasteiger partial charge in [0.1, 0.15) is 11.3 Å². The smallest absolute Gasteiger partial charge is 0.305 e. The highest BCUT2D eigenvalue weighted by Crippen LogP contribution is 2.18. The molecule has 0 spiro atoms. The van der Waals surface area contributed by atoms with E-state index in [1.54, 1.807) is 24.3 Å². The van der Waals surface area contributed by atoms with E-state index in [0.29, 0.717) is 5.58 Å². The van der Waals surface area contributed by atoms with Gasteiger partial charge in [0, 0.05) is 17.5 Å². The van der Waals surface area contributed by atoms with Crippen LogP contribution in [0.25, 0.3) is 11.0 Å². The molecule has 0 aliphatic carbocycles. The third kappa shape index (κ3) is 3.96. The second-order valence-corrected chi connectivity index (χ2v) is 5.19. The Hall–Kier alpha value is -3.88. The molecule has 0 saturated carbocycles. The van der Waals surface area contributed by atoms with Gasteiger partial charge in [0.15, 0.2) is 12.4 Å². The number of nitrogens with zero attached hydrogens (tertiary/aromatic N) is 1. The number of rotatable bonds is 5. The van der Waals surface area contributed by atoms with Gasteiger partial charge < -0.3 is 9.15 Å². The molecular weight excluding hydrogens is 342 g/mol. The number of fused-ring (bicyclic) bond motifs is 1. The molecule has 0 bridgehead atoms. The van der Waals surface area contributed by atoms with Gasteiger partial charge >= 0.3 is 5.91 Å². The Morgan fingerprint density at radius 3 is 2.50 bits per heavy atom. The lowest BCUT2D eigenvalue weighted by molar-refractivity contribution is -0.384. The summed E-state index contributed by atoms with van der Waals surface area (Å²) in [6, 6.07) is 13.9. The van der Waals surface area contributed by atoms with Crippen LogP contribution in [0.5, 0.6) is 5.75 Å². The van der Waals surface area contributed by atoms with Crippen LogP contribution in [0, 0.1) is 10.1 Å². The number of ether oxygens (including phenoxy) is 1. The van der Waals surface area contributed by atoms with Crippen molar-refractivity contribution >= 4 is 28.5 Å². The summed E-state index contributed by atoms with van der Waals surface area (Å²) in [5.74, 6) is -0.866. The molecule has 0 unspecified atom stereocenters. The van der Waals surface area contributed by atoms with Crippen molar-refractivity contribution in [1.29, 1.82) is 0 Å². The van der Waals surface area contributed by atoms with Gasteiger partial charge in [-0.05, 0) is 24.3 Å². The number of hydrogen-bond acceptors (Lipinski definition) is 6. The Morgan fingerprint density at radius 2 is 1.81 bits per heavy atom. The molecule has 0 aliphatic heterocycles. The van der Waals surface area contributed by atoms with Crippen LogP contribution in [-0.2, 0) is 4.79 Å². The maximum absolute atomic E-state index is 12.0. The van der Waals surface area contributed by atoms with E-state index in [-0.39, 0.29) is 23.8 Å². The van der Waals surface area contributed by atoms with Crippen molar-refractivity contribution in [2.75, 3.05) is 6.61 Å². The van der Waals surface area contributed by atoms with E-state index in [1.165, 1.54) is 24.3 Å². The first-order valence-corrected chi connectivity index (χ1v) is 7.48. The second-order valence-electron chi connectivity index (χ2n) is 5.19. The van der Waals surface area contributed by atoms with Crippen LogP contribution in [0.4, 0.5) is 5.69 Å². The molecule has 0 atom stereocenters. The molecule has 9 heteroatoms. The summed E-state index contributed by atoms with van der Waals surface area (Å²) in [6.07, 6.45) is 0. The number of benzene rings is 2. The Bertz CT molecular complexity index is 931. The highest BCUT2D eigenvalue weighted by atomic mass is 16.6. The molecule has 1 heterocycles. The molecule has 3 rings (SSSR count). The minimum Gasteiger partial charge on any atom is -0.484 e. The lowest BCUT2D eigenvalue weighted by Gasteiger charge is -2.07. The van der Waals surface area contributed by atoms with E-state index in [4.69, 9.17) is 9.15 Å². The normalized spacial score (nSPS) is 10.3. The molecule has 2 amide bonds. The number of furan rings is 1. The Morgan fingerprint density at radius 1 is 1.08 bits per heavy atom. The summed E-state index contributed by atoms with van der Waals surface area (Å²) in [6.45, 7) is -0.377. The topological polar surface area (TPSA) is 124 Å². The summed E-state index contributed by atoms with van der Waals surface area (Å²) >= 11 is 0. The highest BCUT2D eigenvalue weighted by molar-refractivity contribution is 5.97. The predicted molar refractivity (Wildman–Crippen MR) is 90.4 cm³/mol. The van der Waals surface area contributed by atoms with Gasteiger partial charge in [-0.2, -0.15) is 0 Å². The third-order valence-electron chi connectivity index (χ3n) is 3.38. The molecule has 132 valence electrons. The van der Waals surface area contributed by atoms with Crippen LogP contribution in [0.15, 0.2) is 59.0 Å². The van der Waals surface area contributed by atoms with Crippen molar-refractivity contribution in [1.82, 2.24) is 10.9 Å². The van der Waals surface area contributed by atoms with Crippen molar-refractivity contribution in [3.63, 3.8) is 0 Å². The summed E-state index contributed by atoms with van der Waals surface area (Å²) in [7, 11) is 0. The standard InChI is InChI=1S/C17H13N3O6/c21-16(10-25-13-7-5-12(6-8-13)20(23)24)18-19-17(22)15-9-11-3-1-2-4-14(11)26-15/h1-9H,10H2,(H,18,21)(H,19,22). The van der Waals surface area contributed by atoms with E-state index >= 15 is 0 Å². The van der Waals surface area contributed by atoms with E-state index in [1.807, 2.05) is 6.07 Å². The van der Waals surface area contributed by atoms with E-state index < -0.39 is 16.7 Å². The van der Waals surface area contributed by atoms with Gasteiger partial charge in [-0.25, -0.2) is 0 Å². The number of non-ortho nitro benzene ring substituents is 1. The molecule has 0 fully saturated rings. The second kappa shape index (κ2) is 7.34. The van der Waals surface area contributed by atoms with Crippen molar-refractivity contribution < 1.29 is 23.7 Å². The first kappa shape index (κ1) is 17.0. The van der Waals surface area contributed by atoms with Gasteiger partial charge in [0.05, 0.1) is 4.92 Å². The Balaban J connectivity index is 1.48. The zero-order valence-corrected chi connectivity index (χ0v) is 13.3. The fourth-order valence-corrected chi connectivity index (χ4v) is 2.13. The fraction of sp³-hybridized carbons (Fsp3) is 0.0588. The number of amides is 2. The summed E-state index contributed by atoms with van der Waals surface area (Å²) in [4.78, 5) is 33.7. The third-order valence-corrected chi connectivity index (χ3v) is 3.38. The van der Waals surface area contributed by atoms with Crippen LogP contribution >= 0.6 is 0 Å². The maximum Gasteiger partial charge on any atom is 0.305 e. The lowest BCUT2D eigenvalue weighted by Crippen LogP contribution is -2.43. The number of carbonyl (C=O) groups is 2. The van der Waals surface area contributed by atoms with Crippen LogP contribution < -0.4 is 15.6 Å². The molecule has 1 aromatic heterocycles. The Labute approximate surface area is 146 Å². The van der Waals surface area contributed by atoms with E-state index in [0.717, 1.165) is 5.39 Å². The molecule has 26 heavy (non-hydrogen) atoms. The molecule has 0 saturated heterocycles. The van der Waals surface area contributed by atoms with Crippen molar-refractivity contribution in [2.24, 2.45) is 0 Å². The fourth-order valence-electron chi connectivity index (χ4n) is 2.13. The van der Waals surface area contributed by atoms with Gasteiger partial charge in [-0.1, -0.05) is 18.2 Å². The number of carbonyl (C=O) groups excluding carboxylic acids is 2. The highest BCUT2D eigenvalue weighted by Gasteiger charge is 2.13. The van der Waals surface area contributed by atoms with Crippen LogP contribution in [-0.4, -0.2) is 23.3 Å². The molecule has 2 aromatic carbocycles. The molecule has 0 aliphatic rings. The summed E-state index contributed by atoms with van der Waals surface area (Å²) in [5.41, 5.74) is 4.89. The summed E-state index contributed by atoms with van der Waals surface area (Å²) in [5, 5.41) is 11.3. The molecule has 0 radical (unpaired) electrons. The zero-order chi connectivity index (χ0) is 18.5. The van der Waals surface area contributed by atoms with Gasteiger partial charge in [-0.15, -0.1) is 0 Å². The van der Waals surface area contributed by atoms with Crippen molar-refractivity contribution in [2.45, 2.75) is 0 Å². The number of hydrogen-bond donors (Lipinski definition) is 2. The lowest BCUT2D eigenvalue weighted by atomic mass is 10.2. The van der Waals surface area contributed by atoms with Crippen LogP contribution in [0.1, 0.15) is 10.6 Å². The Kier molecular flexibility index (Phi) is 4.79. The number of para-hydroxylation sites is 1. The minimum atomic E-state index is -0.607. The number of hydrazine groups is 1.